The van der Waals surface area contributed by atoms with Crippen LogP contribution in [0.4, 0.5) is 0 Å². The third-order valence-electron chi connectivity index (χ3n) is 21.6. The highest BCUT2D eigenvalue weighted by atomic mass is 32.1. The zero-order valence-electron chi connectivity index (χ0n) is 55.1. The van der Waals surface area contributed by atoms with E-state index in [1.165, 1.54) is 78.3 Å². The molecule has 15 aromatic carbocycles. The van der Waals surface area contributed by atoms with Gasteiger partial charge in [0, 0.05) is 106 Å². The van der Waals surface area contributed by atoms with Crippen LogP contribution in [0.25, 0.3) is 212 Å². The highest BCUT2D eigenvalue weighted by molar-refractivity contribution is 7.27. The number of benzene rings is 15. The van der Waals surface area contributed by atoms with Gasteiger partial charge in [-0.3, -0.25) is 13.7 Å². The van der Waals surface area contributed by atoms with Gasteiger partial charge in [-0.25, -0.2) is 0 Å². The fraction of sp³-hybridized carbons (Fsp3) is 0. The molecule has 478 valence electrons. The Balaban J connectivity index is 0.810. The molecule has 0 saturated heterocycles. The number of fused-ring (bicyclic) bond motifs is 22. The second-order valence-corrected chi connectivity index (χ2v) is 29.2. The Morgan fingerprint density at radius 1 is 0.184 bits per heavy atom. The fourth-order valence-electron chi connectivity index (χ4n) is 17.0. The maximum Gasteiger partial charge on any atom is 0.241 e. The Kier molecular flexibility index (Phi) is 11.9. The van der Waals surface area contributed by atoms with Gasteiger partial charge in [0.05, 0.1) is 55.2 Å². The predicted molar refractivity (Wildman–Crippen MR) is 434 cm³/mol. The zero-order chi connectivity index (χ0) is 67.1. The normalized spacial score (nSPS) is 12.3. The zero-order valence-corrected chi connectivity index (χ0v) is 56.7. The molecule has 0 fully saturated rings. The van der Waals surface area contributed by atoms with Gasteiger partial charge in [-0.05, 0) is 149 Å². The van der Waals surface area contributed by atoms with E-state index in [1.54, 1.807) is 0 Å². The van der Waals surface area contributed by atoms with E-state index in [1.807, 2.05) is 22.7 Å². The van der Waals surface area contributed by atoms with Crippen molar-refractivity contribution in [1.29, 1.82) is 0 Å². The number of hydrogen-bond acceptors (Lipinski definition) is 5. The van der Waals surface area contributed by atoms with Crippen molar-refractivity contribution in [2.24, 2.45) is 0 Å². The van der Waals surface area contributed by atoms with E-state index in [2.05, 4.69) is 350 Å². The fourth-order valence-corrected chi connectivity index (χ4v) is 19.4. The summed E-state index contributed by atoms with van der Waals surface area (Å²) in [6.07, 6.45) is 0. The van der Waals surface area contributed by atoms with Gasteiger partial charge in [0.25, 0.3) is 0 Å². The van der Waals surface area contributed by atoms with Crippen molar-refractivity contribution in [3.63, 3.8) is 0 Å². The van der Waals surface area contributed by atoms with E-state index in [9.17, 15) is 0 Å². The monoisotopic (exact) mass is 1350 g/mol. The summed E-state index contributed by atoms with van der Waals surface area (Å²) in [6, 6.07) is 120. The van der Waals surface area contributed by atoms with Gasteiger partial charge in [0.1, 0.15) is 0 Å². The standard InChI is InChI=1S/C93H54N8S2/c1-3-19-61(20-4-1)97-76-29-13-8-24-64(76)74-49-55(39-46-80(74)97)57-35-42-67-68-43-36-58(56-40-47-81-75(50-56)65-25-9-14-30-77(65)98(81)62-21-5-2-6-22-62)52-85(68)101(84(67)51-57)93-95-91(99-79-32-16-10-28-73(79)89-82(99)48-45-72-70-27-12-18-34-87(70)103-90(72)89)94-92(96-93)100-78-31-15-7-23-63(78)66-41-37-59(53-83(66)100)60-38-44-71-69-26-11-17-33-86(69)102-88(71)54-60/h1-54H. The van der Waals surface area contributed by atoms with Crippen molar-refractivity contribution in [1.82, 2.24) is 37.8 Å². The van der Waals surface area contributed by atoms with Crippen LogP contribution < -0.4 is 0 Å². The molecule has 0 amide bonds. The van der Waals surface area contributed by atoms with E-state index >= 15 is 0 Å². The van der Waals surface area contributed by atoms with Crippen LogP contribution in [0.2, 0.25) is 0 Å². The number of para-hydroxylation sites is 6. The van der Waals surface area contributed by atoms with Gasteiger partial charge in [-0.1, -0.05) is 212 Å². The van der Waals surface area contributed by atoms with Crippen LogP contribution in [0, 0.1) is 0 Å². The molecule has 103 heavy (non-hydrogen) atoms. The summed E-state index contributed by atoms with van der Waals surface area (Å²) in [6.45, 7) is 0. The number of thiophene rings is 2. The first-order valence-electron chi connectivity index (χ1n) is 34.9. The van der Waals surface area contributed by atoms with Gasteiger partial charge in [0.2, 0.25) is 17.8 Å². The van der Waals surface area contributed by atoms with E-state index in [-0.39, 0.29) is 0 Å². The molecule has 0 unspecified atom stereocenters. The van der Waals surface area contributed by atoms with Crippen molar-refractivity contribution >= 4 is 172 Å². The Hall–Kier alpha value is -13.3. The molecule has 0 radical (unpaired) electrons. The average Bonchev–Trinajstić information content (AvgIpc) is 1.57. The lowest BCUT2D eigenvalue weighted by atomic mass is 10.00. The SMILES string of the molecule is c1ccc(-n2c3ccccc3c3cc(-c4ccc5c6ccc(-c7ccc8c(c7)c7ccccc7n8-c7ccccc7)cc6n(-c6nc(-n7c8ccccc8c8ccc(-c9ccc%10c(c9)sc9ccccc9%10)cc87)nc(-n7c8ccccc8c8c9sc%10ccccc%10c9ccc87)n6)c5c4)ccc32)cc1. The largest absolute Gasteiger partial charge is 0.309 e. The number of hydrogen-bond donors (Lipinski definition) is 0. The molecule has 8 aromatic heterocycles. The molecule has 0 aliphatic heterocycles. The summed E-state index contributed by atoms with van der Waals surface area (Å²) in [5.74, 6) is 1.50. The second kappa shape index (κ2) is 21.6. The third kappa shape index (κ3) is 8.30. The van der Waals surface area contributed by atoms with Crippen LogP contribution in [0.3, 0.4) is 0 Å². The average molecular weight is 1350 g/mol. The second-order valence-electron chi connectivity index (χ2n) is 27.1. The number of nitrogens with zero attached hydrogens (tertiary/aromatic N) is 8. The Morgan fingerprint density at radius 3 is 1.01 bits per heavy atom. The summed E-state index contributed by atoms with van der Waals surface area (Å²) in [5.41, 5.74) is 19.4. The third-order valence-corrected chi connectivity index (χ3v) is 23.9. The van der Waals surface area contributed by atoms with E-state index in [4.69, 9.17) is 15.0 Å². The molecule has 0 atom stereocenters. The molecule has 0 saturated carbocycles. The Morgan fingerprint density at radius 2 is 0.495 bits per heavy atom. The topological polar surface area (TPSA) is 63.3 Å². The van der Waals surface area contributed by atoms with Crippen LogP contribution in [0.15, 0.2) is 328 Å². The quantitative estimate of drug-likeness (QED) is 0.152. The van der Waals surface area contributed by atoms with Crippen molar-refractivity contribution in [2.75, 3.05) is 0 Å². The van der Waals surface area contributed by atoms with E-state index in [0.717, 1.165) is 116 Å². The van der Waals surface area contributed by atoms with Crippen molar-refractivity contribution in [3.8, 4) is 62.6 Å². The molecular weight excluding hydrogens is 1290 g/mol. The van der Waals surface area contributed by atoms with Crippen molar-refractivity contribution < 1.29 is 0 Å². The van der Waals surface area contributed by atoms with Crippen LogP contribution in [0.1, 0.15) is 0 Å². The smallest absolute Gasteiger partial charge is 0.241 e. The minimum Gasteiger partial charge on any atom is -0.309 e. The summed E-state index contributed by atoms with van der Waals surface area (Å²) in [5, 5.41) is 16.5. The molecule has 23 rings (SSSR count). The van der Waals surface area contributed by atoms with Crippen LogP contribution >= 0.6 is 22.7 Å². The molecule has 23 aromatic rings. The van der Waals surface area contributed by atoms with Crippen LogP contribution in [0.5, 0.6) is 0 Å². The first-order chi connectivity index (χ1) is 51.1. The molecule has 0 aliphatic rings. The van der Waals surface area contributed by atoms with Crippen LogP contribution in [-0.2, 0) is 0 Å². The minimum atomic E-state index is 0.489. The molecule has 0 aliphatic carbocycles. The molecule has 0 N–H and O–H groups in total. The van der Waals surface area contributed by atoms with Crippen molar-refractivity contribution in [3.05, 3.63) is 328 Å². The molecule has 8 nitrogen and oxygen atoms in total. The Bertz CT molecular complexity index is 7350. The lowest BCUT2D eigenvalue weighted by Gasteiger charge is -2.15. The molecule has 10 heteroatoms. The van der Waals surface area contributed by atoms with Gasteiger partial charge < -0.3 is 9.13 Å². The van der Waals surface area contributed by atoms with Crippen molar-refractivity contribution in [2.45, 2.75) is 0 Å². The number of rotatable bonds is 8. The minimum absolute atomic E-state index is 0.489. The Labute approximate surface area is 595 Å². The summed E-state index contributed by atoms with van der Waals surface area (Å²) in [7, 11) is 0. The highest BCUT2D eigenvalue weighted by Crippen LogP contribution is 2.47. The molecule has 8 heterocycles. The first-order valence-corrected chi connectivity index (χ1v) is 36.5. The predicted octanol–water partition coefficient (Wildman–Crippen LogP) is 25.1. The summed E-state index contributed by atoms with van der Waals surface area (Å²) >= 11 is 3.69. The van der Waals surface area contributed by atoms with Gasteiger partial charge in [-0.15, -0.1) is 22.7 Å². The van der Waals surface area contributed by atoms with E-state index in [0.29, 0.717) is 17.8 Å². The molecular formula is C93H54N8S2. The number of aromatic nitrogens is 8. The first kappa shape index (κ1) is 56.6. The molecule has 0 bridgehead atoms. The van der Waals surface area contributed by atoms with Crippen LogP contribution in [-0.4, -0.2) is 37.8 Å². The summed E-state index contributed by atoms with van der Waals surface area (Å²) in [4.78, 5) is 17.7. The van der Waals surface area contributed by atoms with Gasteiger partial charge in [-0.2, -0.15) is 15.0 Å². The maximum absolute atomic E-state index is 5.94. The van der Waals surface area contributed by atoms with E-state index < -0.39 is 0 Å². The van der Waals surface area contributed by atoms with Gasteiger partial charge >= 0.3 is 0 Å². The lowest BCUT2D eigenvalue weighted by Crippen LogP contribution is -2.13. The lowest BCUT2D eigenvalue weighted by molar-refractivity contribution is 0.848. The maximum atomic E-state index is 5.94. The summed E-state index contributed by atoms with van der Waals surface area (Å²) < 4.78 is 16.7. The molecule has 0 spiro atoms. The van der Waals surface area contributed by atoms with Gasteiger partial charge in [0.15, 0.2) is 0 Å². The highest BCUT2D eigenvalue weighted by Gasteiger charge is 2.27.